The molecule has 2 rings (SSSR count). The normalized spacial score (nSPS) is 23.0. The predicted molar refractivity (Wildman–Crippen MR) is 71.9 cm³/mol. The van der Waals surface area contributed by atoms with Gasteiger partial charge in [-0.3, -0.25) is 4.79 Å². The predicted octanol–water partition coefficient (Wildman–Crippen LogP) is 2.58. The Morgan fingerprint density at radius 3 is 2.72 bits per heavy atom. The van der Waals surface area contributed by atoms with Crippen LogP contribution in [0.4, 0.5) is 0 Å². The van der Waals surface area contributed by atoms with E-state index in [0.717, 1.165) is 18.6 Å². The van der Waals surface area contributed by atoms with Crippen molar-refractivity contribution in [3.05, 3.63) is 35.4 Å². The minimum atomic E-state index is -0.0322. The lowest BCUT2D eigenvalue weighted by atomic mass is 10.0. The minimum Gasteiger partial charge on any atom is -0.378 e. The molecule has 2 atom stereocenters. The zero-order valence-corrected chi connectivity index (χ0v) is 11.2. The van der Waals surface area contributed by atoms with Crippen molar-refractivity contribution in [3.8, 4) is 0 Å². The van der Waals surface area contributed by atoms with Gasteiger partial charge in [0, 0.05) is 30.5 Å². The van der Waals surface area contributed by atoms with E-state index in [4.69, 9.17) is 16.3 Å². The van der Waals surface area contributed by atoms with Crippen LogP contribution in [0, 0.1) is 5.92 Å². The first-order chi connectivity index (χ1) is 8.70. The van der Waals surface area contributed by atoms with Gasteiger partial charge in [0.25, 0.3) is 5.91 Å². The lowest BCUT2D eigenvalue weighted by Crippen LogP contribution is -2.31. The van der Waals surface area contributed by atoms with Crippen molar-refractivity contribution < 1.29 is 9.53 Å². The molecule has 1 aliphatic heterocycles. The number of rotatable bonds is 4. The molecule has 1 heterocycles. The van der Waals surface area contributed by atoms with E-state index in [0.29, 0.717) is 23.9 Å². The molecule has 98 valence electrons. The lowest BCUT2D eigenvalue weighted by molar-refractivity contribution is 0.0907. The van der Waals surface area contributed by atoms with E-state index in [9.17, 15) is 4.79 Å². The molecule has 1 amide bonds. The molecule has 0 bridgehead atoms. The van der Waals surface area contributed by atoms with Crippen molar-refractivity contribution in [2.24, 2.45) is 5.92 Å². The van der Waals surface area contributed by atoms with Crippen molar-refractivity contribution in [2.45, 2.75) is 25.3 Å². The van der Waals surface area contributed by atoms with Crippen LogP contribution in [0.3, 0.4) is 0 Å². The molecule has 1 saturated heterocycles. The Balaban J connectivity index is 1.87. The average Bonchev–Trinajstić information content (AvgIpc) is 2.81. The summed E-state index contributed by atoms with van der Waals surface area (Å²) in [4.78, 5) is 11.9. The Labute approximate surface area is 112 Å². The lowest BCUT2D eigenvalue weighted by Gasteiger charge is -2.14. The first kappa shape index (κ1) is 13.4. The van der Waals surface area contributed by atoms with Crippen LogP contribution in [0.1, 0.15) is 29.3 Å². The van der Waals surface area contributed by atoms with Crippen LogP contribution in [-0.4, -0.2) is 25.2 Å². The van der Waals surface area contributed by atoms with Gasteiger partial charge in [0.05, 0.1) is 6.10 Å². The minimum absolute atomic E-state index is 0.0322. The molecule has 0 spiro atoms. The number of nitrogens with one attached hydrogen (secondary N) is 1. The fourth-order valence-corrected chi connectivity index (χ4v) is 2.29. The fourth-order valence-electron chi connectivity index (χ4n) is 2.12. The third kappa shape index (κ3) is 3.24. The summed E-state index contributed by atoms with van der Waals surface area (Å²) in [7, 11) is 0. The van der Waals surface area contributed by atoms with Crippen molar-refractivity contribution in [1.29, 1.82) is 0 Å². The standard InChI is InChI=1S/C14H18ClNO2/c1-10-13(6-7-18-10)9-16-14(17)12-4-2-11(8-15)3-5-12/h2-5,10,13H,6-9H2,1H3,(H,16,17). The summed E-state index contributed by atoms with van der Waals surface area (Å²) in [6.45, 7) is 3.53. The molecule has 2 unspecified atom stereocenters. The largest absolute Gasteiger partial charge is 0.378 e. The van der Waals surface area contributed by atoms with Gasteiger partial charge in [0.2, 0.25) is 0 Å². The molecule has 0 aromatic heterocycles. The van der Waals surface area contributed by atoms with Gasteiger partial charge in [-0.1, -0.05) is 12.1 Å². The molecular formula is C14H18ClNO2. The van der Waals surface area contributed by atoms with Crippen molar-refractivity contribution in [2.75, 3.05) is 13.2 Å². The molecule has 18 heavy (non-hydrogen) atoms. The summed E-state index contributed by atoms with van der Waals surface area (Å²) in [6.07, 6.45) is 1.26. The van der Waals surface area contributed by atoms with Crippen LogP contribution in [0.25, 0.3) is 0 Å². The van der Waals surface area contributed by atoms with Crippen LogP contribution in [0.2, 0.25) is 0 Å². The van der Waals surface area contributed by atoms with Crippen LogP contribution in [-0.2, 0) is 10.6 Å². The van der Waals surface area contributed by atoms with E-state index in [-0.39, 0.29) is 12.0 Å². The van der Waals surface area contributed by atoms with Gasteiger partial charge in [-0.15, -0.1) is 11.6 Å². The first-order valence-electron chi connectivity index (χ1n) is 6.25. The second-order valence-corrected chi connectivity index (χ2v) is 4.93. The molecule has 4 heteroatoms. The number of ether oxygens (including phenoxy) is 1. The topological polar surface area (TPSA) is 38.3 Å². The summed E-state index contributed by atoms with van der Waals surface area (Å²) >= 11 is 5.71. The highest BCUT2D eigenvalue weighted by Gasteiger charge is 2.24. The number of benzene rings is 1. The summed E-state index contributed by atoms with van der Waals surface area (Å²) in [6, 6.07) is 7.37. The molecule has 1 aliphatic rings. The maximum Gasteiger partial charge on any atom is 0.251 e. The van der Waals surface area contributed by atoms with Crippen LogP contribution < -0.4 is 5.32 Å². The molecule has 1 aromatic rings. The second-order valence-electron chi connectivity index (χ2n) is 4.67. The van der Waals surface area contributed by atoms with E-state index < -0.39 is 0 Å². The second kappa shape index (κ2) is 6.21. The van der Waals surface area contributed by atoms with Crippen molar-refractivity contribution in [1.82, 2.24) is 5.32 Å². The number of carbonyl (C=O) groups is 1. The summed E-state index contributed by atoms with van der Waals surface area (Å²) in [5.41, 5.74) is 1.70. The van der Waals surface area contributed by atoms with Gasteiger partial charge in [0.15, 0.2) is 0 Å². The number of amides is 1. The molecular weight excluding hydrogens is 250 g/mol. The van der Waals surface area contributed by atoms with Gasteiger partial charge >= 0.3 is 0 Å². The highest BCUT2D eigenvalue weighted by Crippen LogP contribution is 2.19. The third-order valence-corrected chi connectivity index (χ3v) is 3.74. The Hall–Kier alpha value is -1.06. The highest BCUT2D eigenvalue weighted by atomic mass is 35.5. The fraction of sp³-hybridized carbons (Fsp3) is 0.500. The van der Waals surface area contributed by atoms with Crippen LogP contribution in [0.5, 0.6) is 0 Å². The number of carbonyl (C=O) groups excluding carboxylic acids is 1. The van der Waals surface area contributed by atoms with E-state index in [1.807, 2.05) is 24.3 Å². The van der Waals surface area contributed by atoms with Crippen LogP contribution >= 0.6 is 11.6 Å². The zero-order valence-electron chi connectivity index (χ0n) is 10.5. The van der Waals surface area contributed by atoms with Gasteiger partial charge in [-0.05, 0) is 31.0 Å². The molecule has 1 N–H and O–H groups in total. The van der Waals surface area contributed by atoms with Crippen LogP contribution in [0.15, 0.2) is 24.3 Å². The molecule has 0 radical (unpaired) electrons. The van der Waals surface area contributed by atoms with Gasteiger partial charge in [-0.25, -0.2) is 0 Å². The SMILES string of the molecule is CC1OCCC1CNC(=O)c1ccc(CCl)cc1. The Morgan fingerprint density at radius 2 is 2.17 bits per heavy atom. The number of hydrogen-bond donors (Lipinski definition) is 1. The number of alkyl halides is 1. The van der Waals surface area contributed by atoms with Gasteiger partial charge in [-0.2, -0.15) is 0 Å². The molecule has 0 saturated carbocycles. The zero-order chi connectivity index (χ0) is 13.0. The molecule has 0 aliphatic carbocycles. The van der Waals surface area contributed by atoms with E-state index >= 15 is 0 Å². The van der Waals surface area contributed by atoms with Crippen molar-refractivity contribution >= 4 is 17.5 Å². The van der Waals surface area contributed by atoms with E-state index in [2.05, 4.69) is 12.2 Å². The Kier molecular flexibility index (Phi) is 4.61. The smallest absolute Gasteiger partial charge is 0.251 e. The highest BCUT2D eigenvalue weighted by molar-refractivity contribution is 6.17. The Morgan fingerprint density at radius 1 is 1.44 bits per heavy atom. The monoisotopic (exact) mass is 267 g/mol. The summed E-state index contributed by atoms with van der Waals surface area (Å²) in [5.74, 6) is 0.866. The number of hydrogen-bond acceptors (Lipinski definition) is 2. The van der Waals surface area contributed by atoms with E-state index in [1.54, 1.807) is 0 Å². The van der Waals surface area contributed by atoms with Gasteiger partial charge < -0.3 is 10.1 Å². The quantitative estimate of drug-likeness (QED) is 0.852. The van der Waals surface area contributed by atoms with Gasteiger partial charge in [0.1, 0.15) is 0 Å². The number of halogens is 1. The maximum atomic E-state index is 11.9. The maximum absolute atomic E-state index is 11.9. The molecule has 1 fully saturated rings. The first-order valence-corrected chi connectivity index (χ1v) is 6.79. The third-order valence-electron chi connectivity index (χ3n) is 3.43. The van der Waals surface area contributed by atoms with E-state index in [1.165, 1.54) is 0 Å². The molecule has 3 nitrogen and oxygen atoms in total. The molecule has 1 aromatic carbocycles. The summed E-state index contributed by atoms with van der Waals surface area (Å²) < 4.78 is 5.47. The Bertz CT molecular complexity index is 405. The van der Waals surface area contributed by atoms with Crippen molar-refractivity contribution in [3.63, 3.8) is 0 Å². The average molecular weight is 268 g/mol. The summed E-state index contributed by atoms with van der Waals surface area (Å²) in [5, 5.41) is 2.96.